The Morgan fingerprint density at radius 1 is 0.449 bits per heavy atom. The van der Waals surface area contributed by atoms with Gasteiger partial charge in [-0.1, -0.05) is 13.3 Å². The van der Waals surface area contributed by atoms with Crippen LogP contribution in [0.3, 0.4) is 0 Å². The zero-order valence-electron chi connectivity index (χ0n) is 31.3. The Hall–Kier alpha value is -0.130. The Bertz CT molecular complexity index is 1030. The van der Waals surface area contributed by atoms with Crippen molar-refractivity contribution < 1.29 is 43.2 Å². The Morgan fingerprint density at radius 2 is 0.694 bits per heavy atom. The van der Waals surface area contributed by atoms with E-state index in [1.807, 2.05) is 20.8 Å². The summed E-state index contributed by atoms with van der Waals surface area (Å²) < 4.78 is 141. The molecule has 0 aliphatic heterocycles. The summed E-state index contributed by atoms with van der Waals surface area (Å²) in [6, 6.07) is 0. The van der Waals surface area contributed by atoms with E-state index in [2.05, 4.69) is 6.92 Å². The molecule has 49 heavy (non-hydrogen) atoms. The maximum atomic E-state index is 14.6. The van der Waals surface area contributed by atoms with Crippen LogP contribution in [0.5, 0.6) is 0 Å². The minimum absolute atomic E-state index is 0.169. The van der Waals surface area contributed by atoms with Gasteiger partial charge in [-0.2, -0.15) is 0 Å². The summed E-state index contributed by atoms with van der Waals surface area (Å²) in [5, 5.41) is 0. The van der Waals surface area contributed by atoms with Gasteiger partial charge in [0.2, 0.25) is 0 Å². The Labute approximate surface area is 296 Å². The molecule has 0 rings (SSSR count). The van der Waals surface area contributed by atoms with E-state index in [0.717, 1.165) is 51.4 Å². The third-order valence-electron chi connectivity index (χ3n) is 10.5. The summed E-state index contributed by atoms with van der Waals surface area (Å²) in [4.78, 5) is 0. The van der Waals surface area contributed by atoms with Crippen LogP contribution in [0.2, 0.25) is 0 Å². The number of rotatable bonds is 31. The minimum atomic E-state index is -6.94. The van der Waals surface area contributed by atoms with Gasteiger partial charge in [0.1, 0.15) is 0 Å². The number of hydrogen-bond donors (Lipinski definition) is 0. The monoisotopic (exact) mass is 777 g/mol. The molecule has 0 heterocycles. The molecule has 1 unspecified atom stereocenters. The van der Waals surface area contributed by atoms with Crippen LogP contribution in [-0.4, -0.2) is 55.5 Å². The third-order valence-corrected chi connectivity index (χ3v) is 25.2. The van der Waals surface area contributed by atoms with Crippen LogP contribution in [-0.2, 0) is 20.0 Å². The molecule has 5 nitrogen and oxygen atoms in total. The standard InChI is InChI=1S/C35H70F6NO4PS2/c1-6-10-14-17-18-19-20-21-22-23-24-28-32-47(30-26-15-11-7-2,31-27-16-12-8-3,33(5)29-25-13-9-4)42(48(43,44)34(36,37)38)49(45,46)35(39,40)41/h33H,6-32H2,1-5H3. The van der Waals surface area contributed by atoms with Crippen LogP contribution in [0.4, 0.5) is 26.3 Å². The molecule has 14 heteroatoms. The summed E-state index contributed by atoms with van der Waals surface area (Å²) in [7, 11) is -13.9. The average Bonchev–Trinajstić information content (AvgIpc) is 3.01. The predicted molar refractivity (Wildman–Crippen MR) is 196 cm³/mol. The van der Waals surface area contributed by atoms with Crippen molar-refractivity contribution in [1.82, 2.24) is 3.48 Å². The summed E-state index contributed by atoms with van der Waals surface area (Å²) in [6.45, 7) is 4.33. The van der Waals surface area contributed by atoms with Crippen molar-refractivity contribution in [3.63, 3.8) is 0 Å². The molecule has 0 radical (unpaired) electrons. The second-order valence-electron chi connectivity index (χ2n) is 14.4. The first-order valence-electron chi connectivity index (χ1n) is 19.3. The van der Waals surface area contributed by atoms with Crippen LogP contribution in [0.25, 0.3) is 0 Å². The fourth-order valence-corrected chi connectivity index (χ4v) is 23.7. The SMILES string of the molecule is CCCCCCCCCCCCCCP(CCCCCC)(CCCCCC)(C(C)CCCCC)N(S(=O)(=O)C(F)(F)F)S(=O)(=O)C(F)(F)F. The van der Waals surface area contributed by atoms with Gasteiger partial charge in [0, 0.05) is 0 Å². The first kappa shape index (κ1) is 48.9. The van der Waals surface area contributed by atoms with Gasteiger partial charge in [0.05, 0.1) is 0 Å². The van der Waals surface area contributed by atoms with E-state index in [1.165, 1.54) is 25.7 Å². The normalized spacial score (nSPS) is 15.1. The van der Waals surface area contributed by atoms with Crippen molar-refractivity contribution in [1.29, 1.82) is 0 Å². The van der Waals surface area contributed by atoms with Gasteiger partial charge in [-0.3, -0.25) is 0 Å². The van der Waals surface area contributed by atoms with E-state index < -0.39 is 47.0 Å². The number of sulfonamides is 2. The molecular weight excluding hydrogens is 707 g/mol. The van der Waals surface area contributed by atoms with E-state index in [4.69, 9.17) is 0 Å². The zero-order chi connectivity index (χ0) is 37.7. The molecule has 0 aromatic rings. The molecule has 0 amide bonds. The number of unbranched alkanes of at least 4 members (excludes halogenated alkanes) is 19. The molecule has 0 bridgehead atoms. The van der Waals surface area contributed by atoms with Crippen LogP contribution in [0, 0.1) is 0 Å². The van der Waals surface area contributed by atoms with Crippen molar-refractivity contribution in [2.45, 2.75) is 205 Å². The number of halogens is 6. The van der Waals surface area contributed by atoms with Gasteiger partial charge in [-0.05, 0) is 0 Å². The molecule has 0 aliphatic rings. The van der Waals surface area contributed by atoms with Crippen LogP contribution >= 0.6 is 6.75 Å². The van der Waals surface area contributed by atoms with Gasteiger partial charge >= 0.3 is 284 Å². The van der Waals surface area contributed by atoms with E-state index in [-0.39, 0.29) is 44.2 Å². The number of nitrogens with zero attached hydrogens (tertiary/aromatic N) is 1. The number of hydrogen-bond acceptors (Lipinski definition) is 4. The van der Waals surface area contributed by atoms with Crippen LogP contribution in [0.15, 0.2) is 0 Å². The summed E-state index contributed by atoms with van der Waals surface area (Å²) in [5.41, 5.74) is -13.4. The summed E-state index contributed by atoms with van der Waals surface area (Å²) in [5.74, 6) is 0. The fourth-order valence-electron chi connectivity index (χ4n) is 7.50. The quantitative estimate of drug-likeness (QED) is 0.0399. The molecule has 0 aliphatic carbocycles. The van der Waals surface area contributed by atoms with E-state index in [0.29, 0.717) is 51.4 Å². The van der Waals surface area contributed by atoms with Crippen molar-refractivity contribution >= 4 is 26.8 Å². The van der Waals surface area contributed by atoms with E-state index in [9.17, 15) is 43.2 Å². The first-order chi connectivity index (χ1) is 22.9. The average molecular weight is 778 g/mol. The second kappa shape index (κ2) is 23.5. The first-order valence-corrected chi connectivity index (χ1v) is 25.0. The van der Waals surface area contributed by atoms with E-state index >= 15 is 0 Å². The molecular formula is C35H70F6NO4PS2. The maximum absolute atomic E-state index is 14.6. The molecule has 1 atom stereocenters. The molecule has 298 valence electrons. The second-order valence-corrected chi connectivity index (χ2v) is 24.8. The summed E-state index contributed by atoms with van der Waals surface area (Å²) >= 11 is 0. The van der Waals surface area contributed by atoms with Crippen molar-refractivity contribution in [3.8, 4) is 0 Å². The Balaban J connectivity index is 7.16. The molecule has 0 aromatic heterocycles. The van der Waals surface area contributed by atoms with E-state index in [1.54, 1.807) is 6.92 Å². The van der Waals surface area contributed by atoms with Crippen LogP contribution in [0.1, 0.15) is 189 Å². The topological polar surface area (TPSA) is 71.5 Å². The van der Waals surface area contributed by atoms with Gasteiger partial charge < -0.3 is 0 Å². The molecule has 0 fully saturated rings. The van der Waals surface area contributed by atoms with Gasteiger partial charge in [-0.25, -0.2) is 0 Å². The molecule has 0 aromatic carbocycles. The van der Waals surface area contributed by atoms with Crippen LogP contribution < -0.4 is 0 Å². The fraction of sp³-hybridized carbons (Fsp3) is 1.00. The van der Waals surface area contributed by atoms with Gasteiger partial charge in [0.25, 0.3) is 0 Å². The molecule has 0 spiro atoms. The number of alkyl halides is 6. The Morgan fingerprint density at radius 3 is 0.980 bits per heavy atom. The van der Waals surface area contributed by atoms with Crippen molar-refractivity contribution in [2.24, 2.45) is 0 Å². The van der Waals surface area contributed by atoms with Gasteiger partial charge in [-0.15, -0.1) is 0 Å². The zero-order valence-corrected chi connectivity index (χ0v) is 33.8. The molecule has 0 N–H and O–H groups in total. The van der Waals surface area contributed by atoms with Gasteiger partial charge in [0.15, 0.2) is 0 Å². The predicted octanol–water partition coefficient (Wildman–Crippen LogP) is 13.3. The third kappa shape index (κ3) is 14.7. The summed E-state index contributed by atoms with van der Waals surface area (Å²) in [6.07, 6.45) is 16.7. The van der Waals surface area contributed by atoms with Crippen molar-refractivity contribution in [2.75, 3.05) is 18.5 Å². The van der Waals surface area contributed by atoms with Crippen molar-refractivity contribution in [3.05, 3.63) is 0 Å². The Kier molecular flexibility index (Phi) is 23.5. The molecule has 0 saturated heterocycles. The molecule has 0 saturated carbocycles.